The number of rotatable bonds is 6. The molecule has 3 unspecified atom stereocenters. The number of carbonyl (C=O) groups excluding carboxylic acids is 1. The second-order valence-corrected chi connectivity index (χ2v) is 7.78. The van der Waals surface area contributed by atoms with Gasteiger partial charge in [0.15, 0.2) is 12.0 Å². The smallest absolute Gasteiger partial charge is 0.223 e. The summed E-state index contributed by atoms with van der Waals surface area (Å²) in [5, 5.41) is 11.1. The molecular formula is C21H28N2O5. The predicted molar refractivity (Wildman–Crippen MR) is 103 cm³/mol. The van der Waals surface area contributed by atoms with Crippen molar-refractivity contribution in [1.82, 2.24) is 4.90 Å². The van der Waals surface area contributed by atoms with Gasteiger partial charge >= 0.3 is 0 Å². The molecule has 28 heavy (non-hydrogen) atoms. The lowest BCUT2D eigenvalue weighted by Gasteiger charge is -2.47. The van der Waals surface area contributed by atoms with Crippen LogP contribution in [0.25, 0.3) is 4.85 Å². The van der Waals surface area contributed by atoms with Gasteiger partial charge in [-0.05, 0) is 46.2 Å². The first-order valence-electron chi connectivity index (χ1n) is 9.71. The molecule has 2 aliphatic rings. The summed E-state index contributed by atoms with van der Waals surface area (Å²) < 4.78 is 17.2. The molecular weight excluding hydrogens is 360 g/mol. The predicted octanol–water partition coefficient (Wildman–Crippen LogP) is 3.20. The Bertz CT molecular complexity index is 773. The SMILES string of the molecule is [C-]#[N+]c1ccc2c(c1)C(N1C(=O)CCC1COC(C)OCC)[C@H](O)C(C)(C)O2. The minimum absolute atomic E-state index is 0.0291. The summed E-state index contributed by atoms with van der Waals surface area (Å²) in [6.07, 6.45) is -0.242. The topological polar surface area (TPSA) is 72.6 Å². The van der Waals surface area contributed by atoms with Crippen LogP contribution >= 0.6 is 0 Å². The zero-order valence-corrected chi connectivity index (χ0v) is 16.8. The number of ether oxygens (including phenoxy) is 3. The van der Waals surface area contributed by atoms with Gasteiger partial charge < -0.3 is 24.2 Å². The summed E-state index contributed by atoms with van der Waals surface area (Å²) in [7, 11) is 0. The molecule has 0 spiro atoms. The zero-order chi connectivity index (χ0) is 20.5. The molecule has 0 saturated carbocycles. The quantitative estimate of drug-likeness (QED) is 0.598. The third-order valence-electron chi connectivity index (χ3n) is 5.42. The lowest BCUT2D eigenvalue weighted by Crippen LogP contribution is -2.55. The molecule has 2 aliphatic heterocycles. The van der Waals surface area contributed by atoms with Crippen molar-refractivity contribution >= 4 is 11.6 Å². The number of nitrogens with zero attached hydrogens (tertiary/aromatic N) is 2. The highest BCUT2D eigenvalue weighted by Crippen LogP contribution is 2.46. The number of hydrogen-bond donors (Lipinski definition) is 1. The van der Waals surface area contributed by atoms with Gasteiger partial charge in [0, 0.05) is 18.6 Å². The molecule has 1 fully saturated rings. The Morgan fingerprint density at radius 2 is 2.18 bits per heavy atom. The van der Waals surface area contributed by atoms with Crippen LogP contribution < -0.4 is 4.74 Å². The molecule has 0 aromatic heterocycles. The fourth-order valence-electron chi connectivity index (χ4n) is 3.96. The van der Waals surface area contributed by atoms with Crippen LogP contribution in [0.2, 0.25) is 0 Å². The molecule has 0 radical (unpaired) electrons. The van der Waals surface area contributed by atoms with Crippen LogP contribution in [-0.4, -0.2) is 53.2 Å². The molecule has 1 aromatic rings. The summed E-state index contributed by atoms with van der Waals surface area (Å²) >= 11 is 0. The highest BCUT2D eigenvalue weighted by Gasteiger charge is 2.49. The van der Waals surface area contributed by atoms with Gasteiger partial charge in [-0.15, -0.1) is 0 Å². The maximum absolute atomic E-state index is 12.8. The van der Waals surface area contributed by atoms with Crippen molar-refractivity contribution in [2.75, 3.05) is 13.2 Å². The van der Waals surface area contributed by atoms with E-state index in [2.05, 4.69) is 4.85 Å². The van der Waals surface area contributed by atoms with Crippen LogP contribution in [0.4, 0.5) is 5.69 Å². The summed E-state index contributed by atoms with van der Waals surface area (Å²) in [6.45, 7) is 15.5. The minimum atomic E-state index is -0.935. The number of benzene rings is 1. The van der Waals surface area contributed by atoms with Gasteiger partial charge in [0.05, 0.1) is 25.3 Å². The van der Waals surface area contributed by atoms with Gasteiger partial charge in [0.2, 0.25) is 5.91 Å². The standard InChI is InChI=1S/C21H28N2O5/c1-6-26-13(2)27-12-15-8-10-18(24)23(15)19-16-11-14(22-5)7-9-17(16)28-21(3,4)20(19)25/h7,9,11,13,15,19-20,25H,6,8,10,12H2,1-4H3/t13?,15?,19?,20-/m0/s1. The average Bonchev–Trinajstić information content (AvgIpc) is 3.01. The maximum atomic E-state index is 12.8. The van der Waals surface area contributed by atoms with Crippen molar-refractivity contribution in [3.05, 3.63) is 35.2 Å². The highest BCUT2D eigenvalue weighted by molar-refractivity contribution is 5.80. The lowest BCUT2D eigenvalue weighted by molar-refractivity contribution is -0.157. The van der Waals surface area contributed by atoms with Crippen LogP contribution in [0.15, 0.2) is 18.2 Å². The van der Waals surface area contributed by atoms with E-state index in [0.29, 0.717) is 43.1 Å². The lowest BCUT2D eigenvalue weighted by atomic mass is 9.85. The molecule has 1 aromatic carbocycles. The van der Waals surface area contributed by atoms with Gasteiger partial charge in [-0.3, -0.25) is 4.79 Å². The molecule has 152 valence electrons. The first kappa shape index (κ1) is 20.6. The third kappa shape index (κ3) is 3.86. The van der Waals surface area contributed by atoms with Crippen LogP contribution in [0.1, 0.15) is 52.1 Å². The third-order valence-corrected chi connectivity index (χ3v) is 5.42. The van der Waals surface area contributed by atoms with E-state index >= 15 is 0 Å². The molecule has 4 atom stereocenters. The van der Waals surface area contributed by atoms with Gasteiger partial charge in [-0.25, -0.2) is 4.85 Å². The van der Waals surface area contributed by atoms with E-state index in [4.69, 9.17) is 20.8 Å². The van der Waals surface area contributed by atoms with Gasteiger partial charge in [0.1, 0.15) is 17.5 Å². The van der Waals surface area contributed by atoms with Crippen molar-refractivity contribution in [3.63, 3.8) is 0 Å². The van der Waals surface area contributed by atoms with Gasteiger partial charge in [0.25, 0.3) is 0 Å². The van der Waals surface area contributed by atoms with Crippen molar-refractivity contribution in [2.45, 2.75) is 70.6 Å². The summed E-state index contributed by atoms with van der Waals surface area (Å²) in [6, 6.07) is 4.37. The second-order valence-electron chi connectivity index (χ2n) is 7.78. The Hall–Kier alpha value is -2.14. The first-order valence-corrected chi connectivity index (χ1v) is 9.71. The number of likely N-dealkylation sites (tertiary alicyclic amines) is 1. The largest absolute Gasteiger partial charge is 0.485 e. The van der Waals surface area contributed by atoms with Crippen LogP contribution in [-0.2, 0) is 14.3 Å². The van der Waals surface area contributed by atoms with E-state index < -0.39 is 17.7 Å². The van der Waals surface area contributed by atoms with E-state index in [1.54, 1.807) is 36.9 Å². The van der Waals surface area contributed by atoms with Gasteiger partial charge in [-0.2, -0.15) is 0 Å². The molecule has 0 bridgehead atoms. The van der Waals surface area contributed by atoms with E-state index in [0.717, 1.165) is 0 Å². The zero-order valence-electron chi connectivity index (χ0n) is 16.8. The van der Waals surface area contributed by atoms with Crippen molar-refractivity contribution in [3.8, 4) is 5.75 Å². The number of hydrogen-bond acceptors (Lipinski definition) is 5. The summed E-state index contributed by atoms with van der Waals surface area (Å²) in [5.41, 5.74) is 0.242. The number of amides is 1. The summed E-state index contributed by atoms with van der Waals surface area (Å²) in [4.78, 5) is 18.0. The number of aliphatic hydroxyl groups excluding tert-OH is 1. The van der Waals surface area contributed by atoms with E-state index in [1.807, 2.05) is 13.8 Å². The molecule has 2 heterocycles. The molecule has 0 aliphatic carbocycles. The van der Waals surface area contributed by atoms with Crippen LogP contribution in [0.5, 0.6) is 5.75 Å². The number of fused-ring (bicyclic) bond motifs is 1. The fourth-order valence-corrected chi connectivity index (χ4v) is 3.96. The highest BCUT2D eigenvalue weighted by atomic mass is 16.7. The Balaban J connectivity index is 1.94. The Morgan fingerprint density at radius 3 is 2.86 bits per heavy atom. The Morgan fingerprint density at radius 1 is 1.43 bits per heavy atom. The normalized spacial score (nSPS) is 27.1. The molecule has 3 rings (SSSR count). The van der Waals surface area contributed by atoms with Gasteiger partial charge in [-0.1, -0.05) is 6.07 Å². The monoisotopic (exact) mass is 388 g/mol. The second kappa shape index (κ2) is 8.08. The van der Waals surface area contributed by atoms with Crippen molar-refractivity contribution in [2.24, 2.45) is 0 Å². The molecule has 1 saturated heterocycles. The summed E-state index contributed by atoms with van der Waals surface area (Å²) in [5.74, 6) is 0.563. The number of aliphatic hydroxyl groups is 1. The Kier molecular flexibility index (Phi) is 5.94. The molecule has 7 nitrogen and oxygen atoms in total. The number of carbonyl (C=O) groups is 1. The van der Waals surface area contributed by atoms with E-state index in [-0.39, 0.29) is 18.2 Å². The molecule has 7 heteroatoms. The first-order chi connectivity index (χ1) is 13.3. The van der Waals surface area contributed by atoms with Crippen molar-refractivity contribution < 1.29 is 24.1 Å². The van der Waals surface area contributed by atoms with Crippen LogP contribution in [0, 0.1) is 6.57 Å². The van der Waals surface area contributed by atoms with E-state index in [9.17, 15) is 9.90 Å². The Labute approximate surface area is 166 Å². The fraction of sp³-hybridized carbons (Fsp3) is 0.619. The maximum Gasteiger partial charge on any atom is 0.223 e. The van der Waals surface area contributed by atoms with E-state index in [1.165, 1.54) is 0 Å². The molecule has 1 amide bonds. The van der Waals surface area contributed by atoms with Crippen molar-refractivity contribution in [1.29, 1.82) is 0 Å². The molecule has 1 N–H and O–H groups in total. The minimum Gasteiger partial charge on any atom is -0.485 e. The average molecular weight is 388 g/mol. The van der Waals surface area contributed by atoms with Crippen LogP contribution in [0.3, 0.4) is 0 Å².